The van der Waals surface area contributed by atoms with Crippen LogP contribution in [0.25, 0.3) is 0 Å². The van der Waals surface area contributed by atoms with E-state index in [0.29, 0.717) is 12.0 Å². The van der Waals surface area contributed by atoms with E-state index >= 15 is 0 Å². The molecule has 0 radical (unpaired) electrons. The Bertz CT molecular complexity index is 283. The van der Waals surface area contributed by atoms with E-state index in [4.69, 9.17) is 10.6 Å². The average Bonchev–Trinajstić information content (AvgIpc) is 2.96. The van der Waals surface area contributed by atoms with Crippen LogP contribution in [0.5, 0.6) is 0 Å². The van der Waals surface area contributed by atoms with Crippen molar-refractivity contribution in [3.8, 4) is 0 Å². The van der Waals surface area contributed by atoms with Crippen molar-refractivity contribution in [3.05, 3.63) is 22.4 Å². The van der Waals surface area contributed by atoms with Crippen molar-refractivity contribution < 1.29 is 4.74 Å². The zero-order valence-corrected chi connectivity index (χ0v) is 10.3. The Labute approximate surface area is 101 Å². The fourth-order valence-corrected chi connectivity index (χ4v) is 3.03. The van der Waals surface area contributed by atoms with Crippen LogP contribution in [-0.2, 0) is 11.2 Å². The summed E-state index contributed by atoms with van der Waals surface area (Å²) in [5, 5.41) is 2.14. The predicted molar refractivity (Wildman–Crippen MR) is 67.3 cm³/mol. The lowest BCUT2D eigenvalue weighted by Gasteiger charge is -2.21. The molecule has 0 spiro atoms. The van der Waals surface area contributed by atoms with Gasteiger partial charge in [0.15, 0.2) is 0 Å². The van der Waals surface area contributed by atoms with Gasteiger partial charge in [0.25, 0.3) is 0 Å². The normalized spacial score (nSPS) is 22.4. The second kappa shape index (κ2) is 6.35. The van der Waals surface area contributed by atoms with Gasteiger partial charge in [0.05, 0.1) is 6.61 Å². The summed E-state index contributed by atoms with van der Waals surface area (Å²) in [6, 6.07) is 4.74. The first-order chi connectivity index (χ1) is 7.90. The lowest BCUT2D eigenvalue weighted by atomic mass is 9.95. The van der Waals surface area contributed by atoms with Crippen LogP contribution in [0.15, 0.2) is 17.5 Å². The first-order valence-corrected chi connectivity index (χ1v) is 6.84. The lowest BCUT2D eigenvalue weighted by Crippen LogP contribution is -2.41. The minimum absolute atomic E-state index is 0.419. The summed E-state index contributed by atoms with van der Waals surface area (Å²) in [7, 11) is 0. The second-order valence-electron chi connectivity index (χ2n) is 4.37. The van der Waals surface area contributed by atoms with Crippen molar-refractivity contribution in [2.45, 2.75) is 31.7 Å². The van der Waals surface area contributed by atoms with E-state index in [1.54, 1.807) is 0 Å². The molecule has 1 aliphatic rings. The molecule has 0 amide bonds. The molecule has 1 aromatic heterocycles. The highest BCUT2D eigenvalue weighted by atomic mass is 32.1. The highest BCUT2D eigenvalue weighted by Gasteiger charge is 2.24. The third-order valence-electron chi connectivity index (χ3n) is 3.27. The van der Waals surface area contributed by atoms with Gasteiger partial charge in [0.1, 0.15) is 0 Å². The molecule has 4 heteroatoms. The summed E-state index contributed by atoms with van der Waals surface area (Å²) in [5.41, 5.74) is 2.95. The third-order valence-corrected chi connectivity index (χ3v) is 4.20. The molecular weight excluding hydrogens is 220 g/mol. The Morgan fingerprint density at radius 1 is 1.62 bits per heavy atom. The molecule has 1 saturated heterocycles. The molecule has 1 fully saturated rings. The van der Waals surface area contributed by atoms with Crippen molar-refractivity contribution in [2.75, 3.05) is 13.2 Å². The molecule has 2 heterocycles. The fraction of sp³-hybridized carbons (Fsp3) is 0.667. The van der Waals surface area contributed by atoms with Crippen LogP contribution >= 0.6 is 11.3 Å². The predicted octanol–water partition coefficient (Wildman–Crippen LogP) is 1.94. The van der Waals surface area contributed by atoms with Gasteiger partial charge in [-0.1, -0.05) is 6.07 Å². The van der Waals surface area contributed by atoms with Gasteiger partial charge in [-0.25, -0.2) is 0 Å². The van der Waals surface area contributed by atoms with E-state index in [2.05, 4.69) is 22.9 Å². The summed E-state index contributed by atoms with van der Waals surface area (Å²) in [4.78, 5) is 1.47. The molecule has 0 aromatic carbocycles. The van der Waals surface area contributed by atoms with Gasteiger partial charge in [0.2, 0.25) is 0 Å². The Hall–Kier alpha value is -0.420. The molecule has 3 N–H and O–H groups in total. The van der Waals surface area contributed by atoms with Crippen molar-refractivity contribution in [1.82, 2.24) is 5.43 Å². The number of hydrogen-bond donors (Lipinski definition) is 2. The number of nitrogens with two attached hydrogens (primary N) is 1. The molecule has 0 bridgehead atoms. The molecule has 0 saturated carbocycles. The van der Waals surface area contributed by atoms with Crippen LogP contribution in [0.2, 0.25) is 0 Å². The first-order valence-electron chi connectivity index (χ1n) is 5.96. The number of ether oxygens (including phenoxy) is 1. The topological polar surface area (TPSA) is 47.3 Å². The smallest absolute Gasteiger partial charge is 0.0510 e. The van der Waals surface area contributed by atoms with Gasteiger partial charge in [0, 0.05) is 23.4 Å². The maximum Gasteiger partial charge on any atom is 0.0510 e. The Morgan fingerprint density at radius 3 is 3.19 bits per heavy atom. The van der Waals surface area contributed by atoms with Gasteiger partial charge in [-0.15, -0.1) is 11.3 Å². The maximum atomic E-state index is 5.61. The minimum Gasteiger partial charge on any atom is -0.381 e. The van der Waals surface area contributed by atoms with Gasteiger partial charge < -0.3 is 4.74 Å². The molecule has 1 aliphatic heterocycles. The summed E-state index contributed by atoms with van der Waals surface area (Å²) in [5.74, 6) is 6.21. The van der Waals surface area contributed by atoms with Crippen molar-refractivity contribution in [3.63, 3.8) is 0 Å². The van der Waals surface area contributed by atoms with Crippen LogP contribution in [0.3, 0.4) is 0 Å². The number of rotatable bonds is 6. The fourth-order valence-electron chi connectivity index (χ4n) is 2.28. The number of thiophene rings is 1. The van der Waals surface area contributed by atoms with Gasteiger partial charge in [-0.2, -0.15) is 0 Å². The first kappa shape index (κ1) is 12.0. The summed E-state index contributed by atoms with van der Waals surface area (Å²) >= 11 is 1.84. The molecule has 2 rings (SSSR count). The van der Waals surface area contributed by atoms with Crippen LogP contribution in [0, 0.1) is 5.92 Å². The van der Waals surface area contributed by atoms with Crippen molar-refractivity contribution in [1.29, 1.82) is 0 Å². The minimum atomic E-state index is 0.419. The number of hydrogen-bond acceptors (Lipinski definition) is 4. The standard InChI is InChI=1S/C12H20N2OS/c13-14-12(10-6-7-15-9-10)5-1-3-11-4-2-8-16-11/h2,4,8,10,12,14H,1,3,5-7,9,13H2. The van der Waals surface area contributed by atoms with E-state index in [0.717, 1.165) is 26.1 Å². The molecule has 1 aromatic rings. The van der Waals surface area contributed by atoms with Crippen LogP contribution < -0.4 is 11.3 Å². The van der Waals surface area contributed by atoms with Gasteiger partial charge in [-0.05, 0) is 37.1 Å². The third kappa shape index (κ3) is 3.28. The highest BCUT2D eigenvalue weighted by Crippen LogP contribution is 2.21. The van der Waals surface area contributed by atoms with Gasteiger partial charge in [-0.3, -0.25) is 11.3 Å². The monoisotopic (exact) mass is 240 g/mol. The molecule has 0 aliphatic carbocycles. The van der Waals surface area contributed by atoms with Crippen LogP contribution in [0.4, 0.5) is 0 Å². The van der Waals surface area contributed by atoms with Crippen molar-refractivity contribution >= 4 is 11.3 Å². The van der Waals surface area contributed by atoms with Gasteiger partial charge >= 0.3 is 0 Å². The number of aryl methyl sites for hydroxylation is 1. The molecule has 90 valence electrons. The SMILES string of the molecule is NNC(CCCc1cccs1)C1CCOC1. The number of nitrogens with one attached hydrogen (secondary N) is 1. The molecular formula is C12H20N2OS. The van der Waals surface area contributed by atoms with E-state index in [1.165, 1.54) is 17.7 Å². The molecule has 3 nitrogen and oxygen atoms in total. The van der Waals surface area contributed by atoms with Crippen molar-refractivity contribution in [2.24, 2.45) is 11.8 Å². The summed E-state index contributed by atoms with van der Waals surface area (Å²) in [6.07, 6.45) is 4.66. The largest absolute Gasteiger partial charge is 0.381 e. The summed E-state index contributed by atoms with van der Waals surface area (Å²) in [6.45, 7) is 1.77. The second-order valence-corrected chi connectivity index (χ2v) is 5.40. The van der Waals surface area contributed by atoms with E-state index in [9.17, 15) is 0 Å². The maximum absolute atomic E-state index is 5.61. The Morgan fingerprint density at radius 2 is 2.56 bits per heavy atom. The summed E-state index contributed by atoms with van der Waals surface area (Å²) < 4.78 is 5.40. The molecule has 2 unspecified atom stereocenters. The lowest BCUT2D eigenvalue weighted by molar-refractivity contribution is 0.175. The van der Waals surface area contributed by atoms with E-state index in [1.807, 2.05) is 11.3 Å². The molecule has 16 heavy (non-hydrogen) atoms. The Kier molecular flexibility index (Phi) is 4.78. The quantitative estimate of drug-likeness (QED) is 0.590. The zero-order valence-electron chi connectivity index (χ0n) is 9.52. The average molecular weight is 240 g/mol. The van der Waals surface area contributed by atoms with Crippen LogP contribution in [-0.4, -0.2) is 19.3 Å². The van der Waals surface area contributed by atoms with Crippen LogP contribution in [0.1, 0.15) is 24.1 Å². The van der Waals surface area contributed by atoms with E-state index in [-0.39, 0.29) is 0 Å². The Balaban J connectivity index is 1.70. The molecule has 2 atom stereocenters. The highest BCUT2D eigenvalue weighted by molar-refractivity contribution is 7.09. The zero-order chi connectivity index (χ0) is 11.2. The van der Waals surface area contributed by atoms with E-state index < -0.39 is 0 Å². The number of hydrazine groups is 1.